The minimum absolute atomic E-state index is 0.00503. The van der Waals surface area contributed by atoms with Gasteiger partial charge in [-0.3, -0.25) is 19.2 Å². The molecule has 3 aliphatic heterocycles. The van der Waals surface area contributed by atoms with Crippen molar-refractivity contribution in [2.45, 2.75) is 63.6 Å². The fourth-order valence-corrected chi connectivity index (χ4v) is 6.10. The van der Waals surface area contributed by atoms with Gasteiger partial charge in [-0.1, -0.05) is 6.07 Å². The first kappa shape index (κ1) is 25.5. The number of aryl methyl sites for hydroxylation is 1. The number of carbonyl (C=O) groups is 2. The summed E-state index contributed by atoms with van der Waals surface area (Å²) in [4.78, 5) is 34.2. The molecule has 5 rings (SSSR count). The zero-order chi connectivity index (χ0) is 25.6. The molecule has 0 saturated carbocycles. The average Bonchev–Trinajstić information content (AvgIpc) is 3.65. The molecule has 2 saturated heterocycles. The number of carbonyl (C=O) groups excluding carboxylic acids is 2. The Morgan fingerprint density at radius 1 is 1.24 bits per heavy atom. The molecule has 2 amide bonds. The molecular weight excluding hydrogens is 472 g/mol. The molecule has 1 N–H and O–H groups in total. The topological polar surface area (TPSA) is 102 Å². The van der Waals surface area contributed by atoms with Crippen LogP contribution >= 0.6 is 0 Å². The number of nitrogens with zero attached hydrogens (tertiary/aromatic N) is 5. The zero-order valence-electron chi connectivity index (χ0n) is 21.7. The lowest BCUT2D eigenvalue weighted by atomic mass is 9.94. The number of fused-ring (bicyclic) bond motifs is 8. The van der Waals surface area contributed by atoms with Gasteiger partial charge in [-0.05, 0) is 68.7 Å². The molecule has 1 aromatic heterocycles. The summed E-state index contributed by atoms with van der Waals surface area (Å²) in [6, 6.07) is 7.09. The maximum atomic E-state index is 13.0. The van der Waals surface area contributed by atoms with E-state index in [1.165, 1.54) is 18.3 Å². The van der Waals surface area contributed by atoms with E-state index in [4.69, 9.17) is 9.47 Å². The van der Waals surface area contributed by atoms with Crippen molar-refractivity contribution in [2.75, 3.05) is 39.9 Å². The van der Waals surface area contributed by atoms with Gasteiger partial charge in [0, 0.05) is 38.1 Å². The maximum Gasteiger partial charge on any atom is 0.239 e. The molecule has 4 heterocycles. The van der Waals surface area contributed by atoms with Crippen molar-refractivity contribution < 1.29 is 19.1 Å². The molecule has 0 unspecified atom stereocenters. The summed E-state index contributed by atoms with van der Waals surface area (Å²) in [6.45, 7) is 3.50. The van der Waals surface area contributed by atoms with E-state index in [0.29, 0.717) is 57.1 Å². The van der Waals surface area contributed by atoms with E-state index >= 15 is 0 Å². The van der Waals surface area contributed by atoms with E-state index in [-0.39, 0.29) is 18.4 Å². The predicted molar refractivity (Wildman–Crippen MR) is 137 cm³/mol. The van der Waals surface area contributed by atoms with Crippen molar-refractivity contribution in [2.24, 2.45) is 5.92 Å². The van der Waals surface area contributed by atoms with Crippen LogP contribution in [0, 0.1) is 5.92 Å². The highest BCUT2D eigenvalue weighted by atomic mass is 16.5. The van der Waals surface area contributed by atoms with Gasteiger partial charge in [0.25, 0.3) is 0 Å². The molecule has 200 valence electrons. The van der Waals surface area contributed by atoms with Crippen molar-refractivity contribution in [3.05, 3.63) is 36.4 Å². The lowest BCUT2D eigenvalue weighted by Gasteiger charge is -2.25. The third-order valence-corrected chi connectivity index (χ3v) is 7.96. The minimum atomic E-state index is -0.0762. The number of hydrogen-bond donors (Lipinski definition) is 1. The number of benzene rings is 1. The van der Waals surface area contributed by atoms with Gasteiger partial charge in [-0.15, -0.1) is 0 Å². The van der Waals surface area contributed by atoms with Gasteiger partial charge in [0.05, 0.1) is 20.3 Å². The van der Waals surface area contributed by atoms with Crippen molar-refractivity contribution in [1.82, 2.24) is 29.9 Å². The minimum Gasteiger partial charge on any atom is -0.493 e. The highest BCUT2D eigenvalue weighted by Gasteiger charge is 2.44. The third kappa shape index (κ3) is 6.06. The van der Waals surface area contributed by atoms with E-state index in [9.17, 15) is 9.59 Å². The highest BCUT2D eigenvalue weighted by Crippen LogP contribution is 2.46. The molecule has 1 aromatic carbocycles. The van der Waals surface area contributed by atoms with Crippen LogP contribution < -0.4 is 14.8 Å². The van der Waals surface area contributed by atoms with E-state index < -0.39 is 0 Å². The summed E-state index contributed by atoms with van der Waals surface area (Å²) >= 11 is 0. The van der Waals surface area contributed by atoms with Crippen molar-refractivity contribution in [3.63, 3.8) is 0 Å². The van der Waals surface area contributed by atoms with Crippen LogP contribution in [0.1, 0.15) is 56.6 Å². The number of amides is 2. The predicted octanol–water partition coefficient (Wildman–Crippen LogP) is 2.41. The van der Waals surface area contributed by atoms with E-state index in [0.717, 1.165) is 43.7 Å². The monoisotopic (exact) mass is 510 g/mol. The number of aromatic nitrogens is 3. The quantitative estimate of drug-likeness (QED) is 0.659. The lowest BCUT2D eigenvalue weighted by molar-refractivity contribution is -0.136. The molecule has 0 spiro atoms. The summed E-state index contributed by atoms with van der Waals surface area (Å²) in [6.07, 6.45) is 9.03. The van der Waals surface area contributed by atoms with Crippen LogP contribution in [0.15, 0.2) is 30.9 Å². The molecule has 10 nitrogen and oxygen atoms in total. The van der Waals surface area contributed by atoms with Crippen molar-refractivity contribution in [1.29, 1.82) is 0 Å². The molecule has 0 aliphatic carbocycles. The Morgan fingerprint density at radius 3 is 3.00 bits per heavy atom. The van der Waals surface area contributed by atoms with Crippen LogP contribution in [0.2, 0.25) is 0 Å². The van der Waals surface area contributed by atoms with Crippen LogP contribution in [0.3, 0.4) is 0 Å². The van der Waals surface area contributed by atoms with Gasteiger partial charge >= 0.3 is 0 Å². The van der Waals surface area contributed by atoms with Crippen molar-refractivity contribution >= 4 is 11.8 Å². The molecule has 2 fully saturated rings. The van der Waals surface area contributed by atoms with Crippen LogP contribution in [0.4, 0.5) is 0 Å². The Labute approximate surface area is 218 Å². The first-order valence-electron chi connectivity index (χ1n) is 13.6. The lowest BCUT2D eigenvalue weighted by Crippen LogP contribution is -2.43. The summed E-state index contributed by atoms with van der Waals surface area (Å²) in [5.74, 6) is 1.83. The second kappa shape index (κ2) is 11.9. The molecule has 0 radical (unpaired) electrons. The Balaban J connectivity index is 1.28. The Kier molecular flexibility index (Phi) is 8.23. The van der Waals surface area contributed by atoms with Gasteiger partial charge in [-0.2, -0.15) is 5.10 Å². The average molecular weight is 511 g/mol. The molecule has 3 aliphatic rings. The summed E-state index contributed by atoms with van der Waals surface area (Å²) in [5, 5.41) is 7.26. The summed E-state index contributed by atoms with van der Waals surface area (Å²) in [7, 11) is 1.67. The van der Waals surface area contributed by atoms with Crippen molar-refractivity contribution in [3.8, 4) is 11.5 Å². The molecule has 10 heteroatoms. The van der Waals surface area contributed by atoms with Crippen LogP contribution in [0.5, 0.6) is 11.5 Å². The fourth-order valence-electron chi connectivity index (χ4n) is 6.10. The number of nitrogens with one attached hydrogen (secondary N) is 1. The zero-order valence-corrected chi connectivity index (χ0v) is 21.7. The maximum absolute atomic E-state index is 13.0. The second-order valence-corrected chi connectivity index (χ2v) is 10.3. The molecular formula is C27H38N6O4. The van der Waals surface area contributed by atoms with Gasteiger partial charge in [0.2, 0.25) is 11.8 Å². The highest BCUT2D eigenvalue weighted by molar-refractivity contribution is 5.84. The largest absolute Gasteiger partial charge is 0.493 e. The number of hydrogen-bond acceptors (Lipinski definition) is 7. The van der Waals surface area contributed by atoms with Gasteiger partial charge in [0.1, 0.15) is 12.7 Å². The van der Waals surface area contributed by atoms with E-state index in [1.807, 2.05) is 6.07 Å². The van der Waals surface area contributed by atoms with Crippen LogP contribution in [0.25, 0.3) is 0 Å². The first-order chi connectivity index (χ1) is 18.1. The fraction of sp³-hybridized carbons (Fsp3) is 0.630. The van der Waals surface area contributed by atoms with Crippen LogP contribution in [-0.4, -0.2) is 82.3 Å². The Hall–Kier alpha value is -3.14. The van der Waals surface area contributed by atoms with Gasteiger partial charge in [0.15, 0.2) is 11.5 Å². The number of rotatable bonds is 5. The van der Waals surface area contributed by atoms with Crippen LogP contribution in [-0.2, 0) is 16.1 Å². The molecule has 3 atom stereocenters. The normalized spacial score (nSPS) is 24.8. The summed E-state index contributed by atoms with van der Waals surface area (Å²) < 4.78 is 13.5. The third-order valence-electron chi connectivity index (χ3n) is 7.96. The molecule has 2 aromatic rings. The Bertz CT molecular complexity index is 1060. The SMILES string of the molecule is COc1ccc2cc1OCCCCN(C(=O)CCCn1cncn1)CC(=O)NC[C@H]1C[C@H]2N2CCC[C@@H]12. The smallest absolute Gasteiger partial charge is 0.239 e. The van der Waals surface area contributed by atoms with Gasteiger partial charge in [-0.25, -0.2) is 4.98 Å². The Morgan fingerprint density at radius 2 is 2.16 bits per heavy atom. The second-order valence-electron chi connectivity index (χ2n) is 10.3. The van der Waals surface area contributed by atoms with E-state index in [1.54, 1.807) is 23.0 Å². The van der Waals surface area contributed by atoms with Gasteiger partial charge < -0.3 is 19.7 Å². The standard InChI is InChI=1S/C27H38N6O4/c1-36-24-9-8-20-15-25(24)37-13-3-2-10-31(27(35)7-5-11-32-19-28-18-30-32)17-26(34)29-16-21-14-23(20)33-12-4-6-22(21)33/h8-9,15,18-19,21-23H,2-7,10-14,16-17H2,1H3,(H,29,34)/t21-,22+,23-/m1/s1. The number of ether oxygens (including phenoxy) is 2. The van der Waals surface area contributed by atoms with E-state index in [2.05, 4.69) is 32.4 Å². The number of methoxy groups -OCH3 is 1. The summed E-state index contributed by atoms with van der Waals surface area (Å²) in [5.41, 5.74) is 1.26. The molecule has 4 bridgehead atoms. The first-order valence-corrected chi connectivity index (χ1v) is 13.6. The molecule has 37 heavy (non-hydrogen) atoms.